The Kier molecular flexibility index (Phi) is 5.96. The van der Waals surface area contributed by atoms with Gasteiger partial charge in [0.05, 0.1) is 18.1 Å². The highest BCUT2D eigenvalue weighted by atomic mass is 19.3. The van der Waals surface area contributed by atoms with Crippen LogP contribution in [0.4, 0.5) is 18.9 Å². The largest absolute Gasteiger partial charge is 0.351 e. The SMILES string of the molecule is O=CN(c1cncc(F)c1)C(CCc1ccccc1)C(=O)NC1CC(F)(F)C1. The minimum Gasteiger partial charge on any atom is -0.351 e. The fourth-order valence-corrected chi connectivity index (χ4v) is 3.26. The Balaban J connectivity index is 1.78. The van der Waals surface area contributed by atoms with Crippen molar-refractivity contribution in [1.82, 2.24) is 10.3 Å². The van der Waals surface area contributed by atoms with Crippen LogP contribution in [0.3, 0.4) is 0 Å². The number of carbonyl (C=O) groups is 2. The molecular formula is C20H20F3N3O2. The van der Waals surface area contributed by atoms with E-state index in [1.165, 1.54) is 6.20 Å². The van der Waals surface area contributed by atoms with Gasteiger partial charge in [0.1, 0.15) is 11.9 Å². The number of aromatic nitrogens is 1. The fourth-order valence-electron chi connectivity index (χ4n) is 3.26. The first-order valence-corrected chi connectivity index (χ1v) is 8.94. The quantitative estimate of drug-likeness (QED) is 0.704. The molecule has 8 heteroatoms. The minimum absolute atomic E-state index is 0.127. The van der Waals surface area contributed by atoms with E-state index in [1.54, 1.807) is 0 Å². The Bertz CT molecular complexity index is 824. The molecule has 1 heterocycles. The second-order valence-corrected chi connectivity index (χ2v) is 6.88. The molecule has 1 aromatic heterocycles. The zero-order valence-corrected chi connectivity index (χ0v) is 15.0. The van der Waals surface area contributed by atoms with Crippen molar-refractivity contribution in [3.63, 3.8) is 0 Å². The number of nitrogens with one attached hydrogen (secondary N) is 1. The molecule has 1 saturated carbocycles. The number of hydrogen-bond acceptors (Lipinski definition) is 3. The van der Waals surface area contributed by atoms with Crippen LogP contribution < -0.4 is 10.2 Å². The van der Waals surface area contributed by atoms with Crippen molar-refractivity contribution in [1.29, 1.82) is 0 Å². The Morgan fingerprint density at radius 2 is 2.00 bits per heavy atom. The van der Waals surface area contributed by atoms with Crippen LogP contribution in [-0.2, 0) is 16.0 Å². The third kappa shape index (κ3) is 4.88. The summed E-state index contributed by atoms with van der Waals surface area (Å²) in [7, 11) is 0. The number of aryl methyl sites for hydroxylation is 1. The highest BCUT2D eigenvalue weighted by Gasteiger charge is 2.46. The van der Waals surface area contributed by atoms with Crippen molar-refractivity contribution in [2.24, 2.45) is 0 Å². The molecule has 0 radical (unpaired) electrons. The molecule has 2 aromatic rings. The van der Waals surface area contributed by atoms with Gasteiger partial charge in [0.2, 0.25) is 12.3 Å². The third-order valence-electron chi connectivity index (χ3n) is 4.73. The summed E-state index contributed by atoms with van der Waals surface area (Å²) < 4.78 is 39.7. The standard InChI is InChI=1S/C20H20F3N3O2/c21-15-8-17(12-24-11-15)26(13-27)18(7-6-14-4-2-1-3-5-14)19(28)25-16-9-20(22,23)10-16/h1-5,8,11-13,16,18H,6-7,9-10H2,(H,25,28). The van der Waals surface area contributed by atoms with Crippen LogP contribution in [-0.4, -0.2) is 35.3 Å². The number of carbonyl (C=O) groups excluding carboxylic acids is 2. The molecule has 1 fully saturated rings. The van der Waals surface area contributed by atoms with Gasteiger partial charge in [0, 0.05) is 24.9 Å². The predicted octanol–water partition coefficient (Wildman–Crippen LogP) is 3.10. The average molecular weight is 391 g/mol. The van der Waals surface area contributed by atoms with Gasteiger partial charge in [-0.3, -0.25) is 14.6 Å². The summed E-state index contributed by atoms with van der Waals surface area (Å²) in [5.74, 6) is -3.97. The van der Waals surface area contributed by atoms with E-state index in [-0.39, 0.29) is 12.1 Å². The topological polar surface area (TPSA) is 62.3 Å². The molecule has 1 atom stereocenters. The lowest BCUT2D eigenvalue weighted by atomic mass is 9.88. The average Bonchev–Trinajstić information content (AvgIpc) is 2.64. The predicted molar refractivity (Wildman–Crippen MR) is 97.4 cm³/mol. The van der Waals surface area contributed by atoms with Gasteiger partial charge in [-0.1, -0.05) is 30.3 Å². The minimum atomic E-state index is -2.77. The molecule has 28 heavy (non-hydrogen) atoms. The highest BCUT2D eigenvalue weighted by Crippen LogP contribution is 2.37. The van der Waals surface area contributed by atoms with E-state index in [1.807, 2.05) is 30.3 Å². The van der Waals surface area contributed by atoms with E-state index >= 15 is 0 Å². The van der Waals surface area contributed by atoms with Crippen LogP contribution in [0.5, 0.6) is 0 Å². The second-order valence-electron chi connectivity index (χ2n) is 6.88. The molecule has 1 aliphatic carbocycles. The lowest BCUT2D eigenvalue weighted by Crippen LogP contribution is -2.56. The molecule has 1 unspecified atom stereocenters. The van der Waals surface area contributed by atoms with Gasteiger partial charge < -0.3 is 10.2 Å². The van der Waals surface area contributed by atoms with Gasteiger partial charge in [0.25, 0.3) is 5.92 Å². The van der Waals surface area contributed by atoms with Crippen molar-refractivity contribution in [2.75, 3.05) is 4.90 Å². The molecule has 0 spiro atoms. The monoisotopic (exact) mass is 391 g/mol. The number of hydrogen-bond donors (Lipinski definition) is 1. The van der Waals surface area contributed by atoms with Crippen LogP contribution in [0.1, 0.15) is 24.8 Å². The Labute approximate surface area is 160 Å². The van der Waals surface area contributed by atoms with Crippen LogP contribution in [0.25, 0.3) is 0 Å². The lowest BCUT2D eigenvalue weighted by molar-refractivity contribution is -0.131. The summed E-state index contributed by atoms with van der Waals surface area (Å²) in [4.78, 5) is 29.3. The van der Waals surface area contributed by atoms with Gasteiger partial charge >= 0.3 is 0 Å². The molecule has 0 aliphatic heterocycles. The normalized spacial score (nSPS) is 16.7. The first kappa shape index (κ1) is 19.9. The van der Waals surface area contributed by atoms with E-state index < -0.39 is 42.6 Å². The second kappa shape index (κ2) is 8.41. The number of rotatable bonds is 8. The zero-order chi connectivity index (χ0) is 20.1. The molecule has 0 bridgehead atoms. The number of anilines is 1. The molecule has 5 nitrogen and oxygen atoms in total. The summed E-state index contributed by atoms with van der Waals surface area (Å²) in [5.41, 5.74) is 1.08. The Morgan fingerprint density at radius 3 is 2.61 bits per heavy atom. The summed E-state index contributed by atoms with van der Waals surface area (Å²) in [5, 5.41) is 2.57. The first-order chi connectivity index (χ1) is 13.4. The maximum atomic E-state index is 13.5. The molecule has 0 saturated heterocycles. The maximum absolute atomic E-state index is 13.5. The van der Waals surface area contributed by atoms with Crippen LogP contribution in [0, 0.1) is 5.82 Å². The first-order valence-electron chi connectivity index (χ1n) is 8.94. The molecular weight excluding hydrogens is 371 g/mol. The number of pyridine rings is 1. The molecule has 3 rings (SSSR count). The fraction of sp³-hybridized carbons (Fsp3) is 0.350. The summed E-state index contributed by atoms with van der Waals surface area (Å²) in [6.45, 7) is 0. The van der Waals surface area contributed by atoms with Gasteiger partial charge in [-0.15, -0.1) is 0 Å². The van der Waals surface area contributed by atoms with E-state index in [0.717, 1.165) is 22.7 Å². The molecule has 148 valence electrons. The Hall–Kier alpha value is -2.90. The highest BCUT2D eigenvalue weighted by molar-refractivity contribution is 5.92. The van der Waals surface area contributed by atoms with Gasteiger partial charge in [-0.05, 0) is 18.4 Å². The number of halogens is 3. The van der Waals surface area contributed by atoms with E-state index in [9.17, 15) is 22.8 Å². The van der Waals surface area contributed by atoms with Crippen molar-refractivity contribution < 1.29 is 22.8 Å². The van der Waals surface area contributed by atoms with Crippen molar-refractivity contribution in [2.45, 2.75) is 43.7 Å². The molecule has 1 N–H and O–H groups in total. The maximum Gasteiger partial charge on any atom is 0.252 e. The molecule has 2 amide bonds. The van der Waals surface area contributed by atoms with Crippen LogP contribution in [0.15, 0.2) is 48.8 Å². The van der Waals surface area contributed by atoms with Gasteiger partial charge in [-0.2, -0.15) is 0 Å². The van der Waals surface area contributed by atoms with Gasteiger partial charge in [0.15, 0.2) is 0 Å². The smallest absolute Gasteiger partial charge is 0.252 e. The Morgan fingerprint density at radius 1 is 1.29 bits per heavy atom. The van der Waals surface area contributed by atoms with Gasteiger partial charge in [-0.25, -0.2) is 13.2 Å². The van der Waals surface area contributed by atoms with Crippen molar-refractivity contribution in [3.8, 4) is 0 Å². The third-order valence-corrected chi connectivity index (χ3v) is 4.73. The summed E-state index contributed by atoms with van der Waals surface area (Å²) in [6.07, 6.45) is 2.57. The zero-order valence-electron chi connectivity index (χ0n) is 15.0. The number of alkyl halides is 2. The van der Waals surface area contributed by atoms with Crippen LogP contribution >= 0.6 is 0 Å². The van der Waals surface area contributed by atoms with E-state index in [0.29, 0.717) is 12.8 Å². The number of benzene rings is 1. The lowest BCUT2D eigenvalue weighted by Gasteiger charge is -2.37. The van der Waals surface area contributed by atoms with E-state index in [4.69, 9.17) is 0 Å². The number of nitrogens with zero attached hydrogens (tertiary/aromatic N) is 2. The molecule has 1 aliphatic rings. The summed E-state index contributed by atoms with van der Waals surface area (Å²) >= 11 is 0. The summed E-state index contributed by atoms with van der Waals surface area (Å²) in [6, 6.07) is 8.83. The van der Waals surface area contributed by atoms with E-state index in [2.05, 4.69) is 10.3 Å². The number of amides is 2. The van der Waals surface area contributed by atoms with Crippen LogP contribution in [0.2, 0.25) is 0 Å². The molecule has 1 aromatic carbocycles. The van der Waals surface area contributed by atoms with Crippen molar-refractivity contribution >= 4 is 18.0 Å². The van der Waals surface area contributed by atoms with Crippen molar-refractivity contribution in [3.05, 3.63) is 60.2 Å².